The van der Waals surface area contributed by atoms with Crippen LogP contribution in [0.3, 0.4) is 0 Å². The van der Waals surface area contributed by atoms with E-state index in [2.05, 4.69) is 15.2 Å². The summed E-state index contributed by atoms with van der Waals surface area (Å²) in [5.74, 6) is 0.0872. The molecule has 1 aliphatic heterocycles. The Balaban J connectivity index is 1.43. The van der Waals surface area contributed by atoms with Gasteiger partial charge in [-0.15, -0.1) is 0 Å². The van der Waals surface area contributed by atoms with E-state index in [1.165, 1.54) is 6.33 Å². The smallest absolute Gasteiger partial charge is 0.253 e. The first-order valence-corrected chi connectivity index (χ1v) is 8.49. The molecule has 2 aromatic heterocycles. The maximum atomic E-state index is 12.8. The molecule has 0 saturated carbocycles. The van der Waals surface area contributed by atoms with Gasteiger partial charge in [-0.25, -0.2) is 9.67 Å². The number of carbonyl (C=O) groups is 1. The molecule has 7 nitrogen and oxygen atoms in total. The number of hydrogen-bond donors (Lipinski definition) is 0. The van der Waals surface area contributed by atoms with Crippen LogP contribution in [0.25, 0.3) is 0 Å². The zero-order chi connectivity index (χ0) is 17.1. The van der Waals surface area contributed by atoms with Crippen molar-refractivity contribution >= 4 is 5.91 Å². The Bertz CT molecular complexity index is 810. The van der Waals surface area contributed by atoms with E-state index in [1.807, 2.05) is 46.1 Å². The number of aromatic nitrogens is 5. The number of nitrogens with zero attached hydrogens (tertiary/aromatic N) is 6. The van der Waals surface area contributed by atoms with Crippen molar-refractivity contribution in [2.75, 3.05) is 13.1 Å². The maximum Gasteiger partial charge on any atom is 0.253 e. The molecule has 1 aromatic carbocycles. The van der Waals surface area contributed by atoms with E-state index in [1.54, 1.807) is 17.2 Å². The van der Waals surface area contributed by atoms with Gasteiger partial charge in [0, 0.05) is 31.0 Å². The van der Waals surface area contributed by atoms with Gasteiger partial charge in [-0.1, -0.05) is 12.1 Å². The second kappa shape index (κ2) is 6.88. The molecule has 1 atom stereocenters. The Morgan fingerprint density at radius 2 is 2.08 bits per heavy atom. The van der Waals surface area contributed by atoms with Gasteiger partial charge in [-0.2, -0.15) is 10.2 Å². The number of likely N-dealkylation sites (tertiary alicyclic amines) is 1. The Kier molecular flexibility index (Phi) is 4.28. The molecule has 0 bridgehead atoms. The minimum Gasteiger partial charge on any atom is -0.337 e. The van der Waals surface area contributed by atoms with Crippen LogP contribution in [0.1, 0.15) is 34.8 Å². The van der Waals surface area contributed by atoms with Crippen LogP contribution in [0, 0.1) is 0 Å². The third-order valence-electron chi connectivity index (χ3n) is 4.59. The number of carbonyl (C=O) groups excluding carboxylic acids is 1. The molecule has 4 rings (SSSR count). The molecule has 0 radical (unpaired) electrons. The maximum absolute atomic E-state index is 12.8. The average Bonchev–Trinajstić information content (AvgIpc) is 3.36. The van der Waals surface area contributed by atoms with Gasteiger partial charge in [0.05, 0.1) is 12.6 Å². The molecule has 1 unspecified atom stereocenters. The van der Waals surface area contributed by atoms with Gasteiger partial charge in [0.2, 0.25) is 0 Å². The van der Waals surface area contributed by atoms with Crippen molar-refractivity contribution in [2.24, 2.45) is 0 Å². The highest BCUT2D eigenvalue weighted by molar-refractivity contribution is 5.94. The molecule has 1 fully saturated rings. The minimum absolute atomic E-state index is 0.0872. The van der Waals surface area contributed by atoms with Crippen molar-refractivity contribution in [3.63, 3.8) is 0 Å². The summed E-state index contributed by atoms with van der Waals surface area (Å²) >= 11 is 0. The predicted octanol–water partition coefficient (Wildman–Crippen LogP) is 2.00. The van der Waals surface area contributed by atoms with Crippen LogP contribution < -0.4 is 0 Å². The average molecular weight is 336 g/mol. The SMILES string of the molecule is O=C(c1ccc(Cn2cncn2)cc1)N1CCCC(n2cccn2)C1. The molecular weight excluding hydrogens is 316 g/mol. The summed E-state index contributed by atoms with van der Waals surface area (Å²) in [4.78, 5) is 18.7. The Hall–Kier alpha value is -2.96. The molecule has 7 heteroatoms. The van der Waals surface area contributed by atoms with E-state index in [-0.39, 0.29) is 11.9 Å². The summed E-state index contributed by atoms with van der Waals surface area (Å²) in [6, 6.07) is 9.93. The van der Waals surface area contributed by atoms with Gasteiger partial charge in [0.15, 0.2) is 0 Å². The molecule has 3 aromatic rings. The third kappa shape index (κ3) is 3.45. The van der Waals surface area contributed by atoms with Crippen molar-refractivity contribution in [1.29, 1.82) is 0 Å². The van der Waals surface area contributed by atoms with E-state index in [0.717, 1.165) is 30.5 Å². The normalized spacial score (nSPS) is 17.6. The van der Waals surface area contributed by atoms with Gasteiger partial charge in [-0.05, 0) is 36.6 Å². The van der Waals surface area contributed by atoms with Gasteiger partial charge in [-0.3, -0.25) is 9.48 Å². The fraction of sp³-hybridized carbons (Fsp3) is 0.333. The summed E-state index contributed by atoms with van der Waals surface area (Å²) in [6.45, 7) is 2.16. The molecule has 1 saturated heterocycles. The van der Waals surface area contributed by atoms with E-state index in [0.29, 0.717) is 13.1 Å². The van der Waals surface area contributed by atoms with Crippen LogP contribution in [0.4, 0.5) is 0 Å². The zero-order valence-corrected chi connectivity index (χ0v) is 13.9. The number of rotatable bonds is 4. The van der Waals surface area contributed by atoms with E-state index in [4.69, 9.17) is 0 Å². The van der Waals surface area contributed by atoms with Crippen molar-refractivity contribution in [2.45, 2.75) is 25.4 Å². The van der Waals surface area contributed by atoms with Crippen molar-refractivity contribution in [3.05, 3.63) is 66.5 Å². The fourth-order valence-corrected chi connectivity index (χ4v) is 3.29. The molecule has 0 spiro atoms. The standard InChI is InChI=1S/C18H20N6O/c25-18(22-9-1-3-17(12-22)24-10-2-8-20-24)16-6-4-15(5-7-16)11-23-14-19-13-21-23/h2,4-8,10,13-14,17H,1,3,9,11-12H2. The second-order valence-corrected chi connectivity index (χ2v) is 6.32. The molecule has 0 N–H and O–H groups in total. The van der Waals surface area contributed by atoms with E-state index < -0.39 is 0 Å². The van der Waals surface area contributed by atoms with Crippen LogP contribution in [0.2, 0.25) is 0 Å². The molecule has 1 amide bonds. The lowest BCUT2D eigenvalue weighted by molar-refractivity contribution is 0.0673. The first-order chi connectivity index (χ1) is 12.3. The number of piperidine rings is 1. The van der Waals surface area contributed by atoms with E-state index in [9.17, 15) is 4.79 Å². The van der Waals surface area contributed by atoms with Gasteiger partial charge in [0.1, 0.15) is 12.7 Å². The minimum atomic E-state index is 0.0872. The quantitative estimate of drug-likeness (QED) is 0.731. The fourth-order valence-electron chi connectivity index (χ4n) is 3.29. The number of amides is 1. The summed E-state index contributed by atoms with van der Waals surface area (Å²) < 4.78 is 3.72. The van der Waals surface area contributed by atoms with Crippen LogP contribution in [0.5, 0.6) is 0 Å². The summed E-state index contributed by atoms with van der Waals surface area (Å²) in [7, 11) is 0. The lowest BCUT2D eigenvalue weighted by Gasteiger charge is -2.33. The Morgan fingerprint density at radius 1 is 1.20 bits per heavy atom. The molecule has 128 valence electrons. The predicted molar refractivity (Wildman–Crippen MR) is 92.0 cm³/mol. The third-order valence-corrected chi connectivity index (χ3v) is 4.59. The largest absolute Gasteiger partial charge is 0.337 e. The van der Waals surface area contributed by atoms with Crippen molar-refractivity contribution < 1.29 is 4.79 Å². The Morgan fingerprint density at radius 3 is 2.80 bits per heavy atom. The summed E-state index contributed by atoms with van der Waals surface area (Å²) in [6.07, 6.45) is 9.02. The monoisotopic (exact) mass is 336 g/mol. The topological polar surface area (TPSA) is 68.8 Å². The van der Waals surface area contributed by atoms with Crippen LogP contribution >= 0.6 is 0 Å². The summed E-state index contributed by atoms with van der Waals surface area (Å²) in [5.41, 5.74) is 1.82. The first-order valence-electron chi connectivity index (χ1n) is 8.49. The Labute approximate surface area is 145 Å². The second-order valence-electron chi connectivity index (χ2n) is 6.32. The highest BCUT2D eigenvalue weighted by atomic mass is 16.2. The van der Waals surface area contributed by atoms with Crippen LogP contribution in [-0.2, 0) is 6.54 Å². The summed E-state index contributed by atoms with van der Waals surface area (Å²) in [5, 5.41) is 8.42. The van der Waals surface area contributed by atoms with Gasteiger partial charge in [0.25, 0.3) is 5.91 Å². The van der Waals surface area contributed by atoms with Crippen LogP contribution in [0.15, 0.2) is 55.4 Å². The highest BCUT2D eigenvalue weighted by Gasteiger charge is 2.25. The lowest BCUT2D eigenvalue weighted by Crippen LogP contribution is -2.40. The van der Waals surface area contributed by atoms with Gasteiger partial charge >= 0.3 is 0 Å². The van der Waals surface area contributed by atoms with Crippen molar-refractivity contribution in [1.82, 2.24) is 29.4 Å². The number of benzene rings is 1. The van der Waals surface area contributed by atoms with Crippen molar-refractivity contribution in [3.8, 4) is 0 Å². The van der Waals surface area contributed by atoms with Crippen LogP contribution in [-0.4, -0.2) is 48.4 Å². The zero-order valence-electron chi connectivity index (χ0n) is 13.9. The molecule has 0 aliphatic carbocycles. The molecular formula is C18H20N6O. The molecule has 3 heterocycles. The first kappa shape index (κ1) is 15.6. The lowest BCUT2D eigenvalue weighted by atomic mass is 10.0. The number of hydrogen-bond acceptors (Lipinski definition) is 4. The highest BCUT2D eigenvalue weighted by Crippen LogP contribution is 2.22. The van der Waals surface area contributed by atoms with E-state index >= 15 is 0 Å². The molecule has 25 heavy (non-hydrogen) atoms. The van der Waals surface area contributed by atoms with Gasteiger partial charge < -0.3 is 4.90 Å². The molecule has 1 aliphatic rings.